The number of aromatic nitrogens is 2. The van der Waals surface area contributed by atoms with Gasteiger partial charge in [0.1, 0.15) is 5.69 Å². The number of anilines is 1. The predicted molar refractivity (Wildman–Crippen MR) is 103 cm³/mol. The van der Waals surface area contributed by atoms with Crippen LogP contribution >= 0.6 is 0 Å². The van der Waals surface area contributed by atoms with Gasteiger partial charge in [-0.05, 0) is 37.1 Å². The zero-order valence-electron chi connectivity index (χ0n) is 14.8. The van der Waals surface area contributed by atoms with Crippen molar-refractivity contribution in [3.63, 3.8) is 0 Å². The number of nitrogens with one attached hydrogen (secondary N) is 1. The fourth-order valence-electron chi connectivity index (χ4n) is 2.21. The van der Waals surface area contributed by atoms with E-state index in [-0.39, 0.29) is 7.33 Å². The number of aliphatic hydroxyl groups excluding tert-OH is 1. The third-order valence-corrected chi connectivity index (χ3v) is 3.61. The van der Waals surface area contributed by atoms with Crippen LogP contribution in [0.5, 0.6) is 0 Å². The number of benzene rings is 1. The van der Waals surface area contributed by atoms with Crippen LogP contribution in [0.4, 0.5) is 5.69 Å². The molecule has 3 rings (SSSR count). The van der Waals surface area contributed by atoms with Gasteiger partial charge in [-0.1, -0.05) is 43.3 Å². The van der Waals surface area contributed by atoms with Gasteiger partial charge in [-0.25, -0.2) is 4.98 Å². The zero-order chi connectivity index (χ0) is 18.9. The molecule has 2 heterocycles. The highest BCUT2D eigenvalue weighted by molar-refractivity contribution is 6.02. The van der Waals surface area contributed by atoms with E-state index in [2.05, 4.69) is 41.5 Å². The molecule has 2 aromatic heterocycles. The van der Waals surface area contributed by atoms with Gasteiger partial charge >= 0.3 is 0 Å². The van der Waals surface area contributed by atoms with E-state index in [1.165, 1.54) is 18.0 Å². The van der Waals surface area contributed by atoms with Crippen molar-refractivity contribution in [3.8, 4) is 0 Å². The van der Waals surface area contributed by atoms with Gasteiger partial charge < -0.3 is 20.1 Å². The van der Waals surface area contributed by atoms with Crippen molar-refractivity contribution in [1.82, 2.24) is 9.55 Å². The van der Waals surface area contributed by atoms with Gasteiger partial charge in [-0.2, -0.15) is 0 Å². The normalized spacial score (nSPS) is 10.2. The second kappa shape index (κ2) is 9.50. The molecule has 6 heteroatoms. The number of hydrogen-bond acceptors (Lipinski definition) is 4. The van der Waals surface area contributed by atoms with Crippen LogP contribution in [0.2, 0.25) is 0 Å². The fourth-order valence-corrected chi connectivity index (χ4v) is 2.21. The van der Waals surface area contributed by atoms with Crippen molar-refractivity contribution in [2.24, 2.45) is 0 Å². The van der Waals surface area contributed by atoms with Crippen LogP contribution in [0.15, 0.2) is 67.0 Å². The number of pyridine rings is 1. The molecule has 1 amide bonds. The molecule has 0 saturated carbocycles. The molecule has 0 atom stereocenters. The second-order valence-electron chi connectivity index (χ2n) is 5.65. The van der Waals surface area contributed by atoms with Gasteiger partial charge in [0.15, 0.2) is 0 Å². The minimum Gasteiger partial charge on any atom is -0.351 e. The minimum atomic E-state index is -1.62. The molecule has 0 fully saturated rings. The lowest BCUT2D eigenvalue weighted by Gasteiger charge is -2.04. The molecule has 0 aliphatic carbocycles. The molecule has 1 aromatic carbocycles. The average Bonchev–Trinajstić information content (AvgIpc) is 3.12. The summed E-state index contributed by atoms with van der Waals surface area (Å²) in [5.41, 5.74) is 2.95. The van der Waals surface area contributed by atoms with Crippen molar-refractivity contribution >= 4 is 11.6 Å². The Kier molecular flexibility index (Phi) is 7.08. The maximum Gasteiger partial charge on any atom is 0.274 e. The standard InChI is InChI=1S/C12H13N3O3.C8H10.H2/c1-8-3-2-4-10(13-8)11(16)14-9-5-6-15(7-9)12(17)18;1-2-8-6-4-3-5-7-8;/h2-7,12,17-18H,1H3,(H,14,16);3-7H,2H2,1H3;1H. The molecular weight excluding hydrogens is 330 g/mol. The Labute approximate surface area is 154 Å². The monoisotopic (exact) mass is 355 g/mol. The lowest BCUT2D eigenvalue weighted by Crippen LogP contribution is -2.13. The first-order valence-corrected chi connectivity index (χ1v) is 8.32. The molecule has 0 aliphatic heterocycles. The number of nitrogens with zero attached hydrogens (tertiary/aromatic N) is 2. The molecule has 0 radical (unpaired) electrons. The van der Waals surface area contributed by atoms with Crippen LogP contribution in [0.25, 0.3) is 0 Å². The topological polar surface area (TPSA) is 87.4 Å². The predicted octanol–water partition coefficient (Wildman–Crippen LogP) is 3.38. The first-order valence-electron chi connectivity index (χ1n) is 8.32. The van der Waals surface area contributed by atoms with E-state index >= 15 is 0 Å². The highest BCUT2D eigenvalue weighted by Gasteiger charge is 2.09. The maximum atomic E-state index is 11.8. The van der Waals surface area contributed by atoms with Crippen LogP contribution in [0.1, 0.15) is 36.5 Å². The van der Waals surface area contributed by atoms with Crippen molar-refractivity contribution in [2.75, 3.05) is 5.32 Å². The summed E-state index contributed by atoms with van der Waals surface area (Å²) >= 11 is 0. The largest absolute Gasteiger partial charge is 0.351 e. The van der Waals surface area contributed by atoms with Gasteiger partial charge in [0.2, 0.25) is 6.41 Å². The number of hydrogen-bond donors (Lipinski definition) is 3. The maximum absolute atomic E-state index is 11.8. The Hall–Kier alpha value is -2.96. The third-order valence-electron chi connectivity index (χ3n) is 3.61. The Morgan fingerprint density at radius 1 is 1.15 bits per heavy atom. The molecule has 0 unspecified atom stereocenters. The number of amides is 1. The number of rotatable bonds is 4. The van der Waals surface area contributed by atoms with E-state index in [0.717, 1.165) is 16.7 Å². The van der Waals surface area contributed by atoms with Crippen LogP contribution in [-0.2, 0) is 6.42 Å². The fraction of sp³-hybridized carbons (Fsp3) is 0.200. The summed E-state index contributed by atoms with van der Waals surface area (Å²) in [6.07, 6.45) is 2.39. The number of aryl methyl sites for hydroxylation is 2. The second-order valence-corrected chi connectivity index (χ2v) is 5.65. The molecule has 138 valence electrons. The summed E-state index contributed by atoms with van der Waals surface area (Å²) in [6, 6.07) is 17.2. The Bertz CT molecular complexity index is 835. The van der Waals surface area contributed by atoms with Crippen LogP contribution in [0.3, 0.4) is 0 Å². The van der Waals surface area contributed by atoms with Gasteiger partial charge in [-0.15, -0.1) is 0 Å². The van der Waals surface area contributed by atoms with Crippen molar-refractivity contribution in [3.05, 3.63) is 83.9 Å². The SMILES string of the molecule is CCc1ccccc1.Cc1cccc(C(=O)Nc2ccn(C(O)O)c2)n1.[HH]. The van der Waals surface area contributed by atoms with Crippen LogP contribution in [0, 0.1) is 6.92 Å². The van der Waals surface area contributed by atoms with Crippen LogP contribution < -0.4 is 5.32 Å². The summed E-state index contributed by atoms with van der Waals surface area (Å²) in [5.74, 6) is -0.344. The molecule has 26 heavy (non-hydrogen) atoms. The molecule has 6 nitrogen and oxygen atoms in total. The minimum absolute atomic E-state index is 0. The summed E-state index contributed by atoms with van der Waals surface area (Å²) < 4.78 is 1.15. The van der Waals surface area contributed by atoms with Gasteiger partial charge in [0, 0.05) is 19.5 Å². The molecule has 0 aliphatic rings. The molecule has 3 aromatic rings. The summed E-state index contributed by atoms with van der Waals surface area (Å²) in [4.78, 5) is 15.9. The highest BCUT2D eigenvalue weighted by atomic mass is 16.5. The number of carbonyl (C=O) groups excluding carboxylic acids is 1. The summed E-state index contributed by atoms with van der Waals surface area (Å²) in [7, 11) is 0. The van der Waals surface area contributed by atoms with Gasteiger partial charge in [0.05, 0.1) is 5.69 Å². The smallest absolute Gasteiger partial charge is 0.274 e. The Balaban J connectivity index is 0.000000342. The van der Waals surface area contributed by atoms with Crippen molar-refractivity contribution < 1.29 is 16.4 Å². The van der Waals surface area contributed by atoms with Crippen LogP contribution in [-0.4, -0.2) is 25.7 Å². The van der Waals surface area contributed by atoms with Gasteiger partial charge in [-0.3, -0.25) is 4.79 Å². The van der Waals surface area contributed by atoms with E-state index in [1.54, 1.807) is 31.2 Å². The summed E-state index contributed by atoms with van der Waals surface area (Å²) in [5, 5.41) is 20.5. The molecule has 0 saturated heterocycles. The van der Waals surface area contributed by atoms with Crippen molar-refractivity contribution in [1.29, 1.82) is 0 Å². The first-order chi connectivity index (χ1) is 12.5. The van der Waals surface area contributed by atoms with E-state index in [9.17, 15) is 4.79 Å². The lowest BCUT2D eigenvalue weighted by molar-refractivity contribution is -0.102. The van der Waals surface area contributed by atoms with E-state index in [1.807, 2.05) is 6.07 Å². The molecule has 3 N–H and O–H groups in total. The highest BCUT2D eigenvalue weighted by Crippen LogP contribution is 2.12. The molecule has 0 spiro atoms. The van der Waals surface area contributed by atoms with E-state index < -0.39 is 6.41 Å². The lowest BCUT2D eigenvalue weighted by atomic mass is 10.2. The average molecular weight is 355 g/mol. The van der Waals surface area contributed by atoms with E-state index in [0.29, 0.717) is 11.4 Å². The quantitative estimate of drug-likeness (QED) is 0.626. The van der Waals surface area contributed by atoms with Crippen molar-refractivity contribution in [2.45, 2.75) is 26.7 Å². The molecule has 0 bridgehead atoms. The third kappa shape index (κ3) is 5.84. The summed E-state index contributed by atoms with van der Waals surface area (Å²) in [6.45, 7) is 3.96. The Morgan fingerprint density at radius 2 is 1.88 bits per heavy atom. The zero-order valence-corrected chi connectivity index (χ0v) is 14.8. The van der Waals surface area contributed by atoms with Gasteiger partial charge in [0.25, 0.3) is 5.91 Å². The number of aliphatic hydroxyl groups is 2. The Morgan fingerprint density at radius 3 is 2.42 bits per heavy atom. The molecular formula is C20H25N3O3. The number of carbonyl (C=O) groups is 1. The first kappa shape index (κ1) is 19.4. The van der Waals surface area contributed by atoms with E-state index in [4.69, 9.17) is 10.2 Å².